The van der Waals surface area contributed by atoms with Gasteiger partial charge in [-0.25, -0.2) is 4.79 Å². The maximum atomic E-state index is 12.3. The number of nitrogens with one attached hydrogen (secondary N) is 1. The fourth-order valence-corrected chi connectivity index (χ4v) is 2.89. The maximum Gasteiger partial charge on any atom is 0.338 e. The molecule has 0 aromatic heterocycles. The number of halogens is 1. The number of carbonyl (C=O) groups excluding carboxylic acids is 2. The molecule has 148 valence electrons. The first-order valence-corrected chi connectivity index (χ1v) is 9.31. The molecule has 1 amide bonds. The van der Waals surface area contributed by atoms with Crippen molar-refractivity contribution >= 4 is 40.5 Å². The molecule has 8 heteroatoms. The van der Waals surface area contributed by atoms with Crippen LogP contribution in [-0.4, -0.2) is 44.3 Å². The number of hydrogen-bond acceptors (Lipinski definition) is 6. The Morgan fingerprint density at radius 1 is 1.18 bits per heavy atom. The zero-order valence-electron chi connectivity index (χ0n) is 15.5. The molecule has 0 unspecified atom stereocenters. The van der Waals surface area contributed by atoms with Gasteiger partial charge in [0.05, 0.1) is 29.5 Å². The highest BCUT2D eigenvalue weighted by Crippen LogP contribution is 2.21. The lowest BCUT2D eigenvalue weighted by atomic mass is 10.2. The quantitative estimate of drug-likeness (QED) is 0.589. The molecule has 1 fully saturated rings. The molecule has 1 atom stereocenters. The van der Waals surface area contributed by atoms with E-state index in [0.717, 1.165) is 18.8 Å². The lowest BCUT2D eigenvalue weighted by molar-refractivity contribution is -0.123. The summed E-state index contributed by atoms with van der Waals surface area (Å²) in [6.07, 6.45) is -0.969. The highest BCUT2D eigenvalue weighted by molar-refractivity contribution is 6.33. The van der Waals surface area contributed by atoms with Gasteiger partial charge in [0.15, 0.2) is 6.10 Å². The molecule has 1 aliphatic rings. The molecule has 3 N–H and O–H groups in total. The van der Waals surface area contributed by atoms with Gasteiger partial charge < -0.3 is 25.4 Å². The second-order valence-corrected chi connectivity index (χ2v) is 6.83. The molecule has 2 aromatic carbocycles. The van der Waals surface area contributed by atoms with E-state index in [2.05, 4.69) is 10.2 Å². The summed E-state index contributed by atoms with van der Waals surface area (Å²) in [5.74, 6) is -1.07. The average molecular weight is 404 g/mol. The van der Waals surface area contributed by atoms with Gasteiger partial charge in [0, 0.05) is 24.5 Å². The number of amides is 1. The van der Waals surface area contributed by atoms with Crippen LogP contribution in [0.15, 0.2) is 42.5 Å². The number of nitrogens with two attached hydrogens (primary N) is 1. The van der Waals surface area contributed by atoms with Gasteiger partial charge in [0.1, 0.15) is 0 Å². The second-order valence-electron chi connectivity index (χ2n) is 6.42. The topological polar surface area (TPSA) is 93.9 Å². The van der Waals surface area contributed by atoms with Crippen molar-refractivity contribution in [2.75, 3.05) is 42.3 Å². The Morgan fingerprint density at radius 2 is 1.86 bits per heavy atom. The first-order valence-electron chi connectivity index (χ1n) is 8.93. The Balaban J connectivity index is 1.56. The number of esters is 1. The highest BCUT2D eigenvalue weighted by atomic mass is 35.5. The number of benzene rings is 2. The molecular weight excluding hydrogens is 382 g/mol. The molecule has 28 heavy (non-hydrogen) atoms. The minimum absolute atomic E-state index is 0.233. The van der Waals surface area contributed by atoms with Crippen molar-refractivity contribution in [3.63, 3.8) is 0 Å². The molecule has 2 aromatic rings. The number of rotatable bonds is 5. The summed E-state index contributed by atoms with van der Waals surface area (Å²) in [5, 5.41) is 3.09. The highest BCUT2D eigenvalue weighted by Gasteiger charge is 2.20. The van der Waals surface area contributed by atoms with E-state index < -0.39 is 18.0 Å². The average Bonchev–Trinajstić information content (AvgIpc) is 2.71. The molecule has 0 bridgehead atoms. The number of anilines is 3. The van der Waals surface area contributed by atoms with Crippen LogP contribution in [0.2, 0.25) is 5.02 Å². The fraction of sp³-hybridized carbons (Fsp3) is 0.300. The summed E-state index contributed by atoms with van der Waals surface area (Å²) in [6.45, 7) is 4.61. The predicted octanol–water partition coefficient (Wildman–Crippen LogP) is 2.94. The van der Waals surface area contributed by atoms with Crippen LogP contribution >= 0.6 is 11.6 Å². The standard InChI is InChI=1S/C20H22ClN3O4/c1-13(28-20(26)14-2-7-17(21)18(22)12-14)19(25)23-15-3-5-16(6-4-15)24-8-10-27-11-9-24/h2-7,12-13H,8-11,22H2,1H3,(H,23,25)/t13-/m1/s1. The number of ether oxygens (including phenoxy) is 2. The Kier molecular flexibility index (Phi) is 6.38. The Labute approximate surface area is 168 Å². The molecule has 7 nitrogen and oxygen atoms in total. The summed E-state index contributed by atoms with van der Waals surface area (Å²) in [7, 11) is 0. The van der Waals surface area contributed by atoms with Crippen LogP contribution in [-0.2, 0) is 14.3 Å². The summed E-state index contributed by atoms with van der Waals surface area (Å²) >= 11 is 5.84. The van der Waals surface area contributed by atoms with Crippen molar-refractivity contribution in [1.29, 1.82) is 0 Å². The van der Waals surface area contributed by atoms with Gasteiger partial charge in [-0.15, -0.1) is 0 Å². The molecule has 1 saturated heterocycles. The number of nitrogen functional groups attached to an aromatic ring is 1. The zero-order valence-corrected chi connectivity index (χ0v) is 16.2. The Bertz CT molecular complexity index is 851. The van der Waals surface area contributed by atoms with Gasteiger partial charge in [0.25, 0.3) is 5.91 Å². The van der Waals surface area contributed by atoms with Gasteiger partial charge in [-0.2, -0.15) is 0 Å². The van der Waals surface area contributed by atoms with Crippen molar-refractivity contribution in [3.8, 4) is 0 Å². The molecule has 0 aliphatic carbocycles. The SMILES string of the molecule is C[C@@H](OC(=O)c1ccc(Cl)c(N)c1)C(=O)Nc1ccc(N2CCOCC2)cc1. The van der Waals surface area contributed by atoms with E-state index in [1.165, 1.54) is 25.1 Å². The molecule has 3 rings (SSSR count). The van der Waals surface area contributed by atoms with Crippen LogP contribution in [0.5, 0.6) is 0 Å². The van der Waals surface area contributed by atoms with Crippen molar-refractivity contribution in [3.05, 3.63) is 53.1 Å². The first kappa shape index (κ1) is 20.0. The number of carbonyl (C=O) groups is 2. The Morgan fingerprint density at radius 3 is 2.50 bits per heavy atom. The number of morpholine rings is 1. The van der Waals surface area contributed by atoms with E-state index in [0.29, 0.717) is 23.9 Å². The summed E-state index contributed by atoms with van der Waals surface area (Å²) in [4.78, 5) is 26.7. The smallest absolute Gasteiger partial charge is 0.338 e. The minimum Gasteiger partial charge on any atom is -0.449 e. The summed E-state index contributed by atoms with van der Waals surface area (Å²) < 4.78 is 10.6. The van der Waals surface area contributed by atoms with Crippen LogP contribution in [0.25, 0.3) is 0 Å². The van der Waals surface area contributed by atoms with Gasteiger partial charge in [-0.05, 0) is 49.4 Å². The largest absolute Gasteiger partial charge is 0.449 e. The fourth-order valence-electron chi connectivity index (χ4n) is 2.77. The van der Waals surface area contributed by atoms with E-state index in [9.17, 15) is 9.59 Å². The van der Waals surface area contributed by atoms with Crippen LogP contribution in [0.4, 0.5) is 17.1 Å². The third-order valence-electron chi connectivity index (χ3n) is 4.40. The molecule has 0 saturated carbocycles. The molecule has 0 spiro atoms. The molecular formula is C20H22ClN3O4. The summed E-state index contributed by atoms with van der Waals surface area (Å²) in [5.41, 5.74) is 7.89. The van der Waals surface area contributed by atoms with Crippen molar-refractivity contribution in [2.24, 2.45) is 0 Å². The van der Waals surface area contributed by atoms with Crippen molar-refractivity contribution in [2.45, 2.75) is 13.0 Å². The van der Waals surface area contributed by atoms with Gasteiger partial charge in [0.2, 0.25) is 0 Å². The second kappa shape index (κ2) is 8.95. The lowest BCUT2D eigenvalue weighted by Gasteiger charge is -2.28. The zero-order chi connectivity index (χ0) is 20.1. The van der Waals surface area contributed by atoms with Gasteiger partial charge in [-0.1, -0.05) is 11.6 Å². The monoisotopic (exact) mass is 403 g/mol. The Hall–Kier alpha value is -2.77. The number of hydrogen-bond donors (Lipinski definition) is 2. The van der Waals surface area contributed by atoms with Crippen molar-refractivity contribution in [1.82, 2.24) is 0 Å². The lowest BCUT2D eigenvalue weighted by Crippen LogP contribution is -2.36. The maximum absolute atomic E-state index is 12.3. The van der Waals surface area contributed by atoms with Crippen LogP contribution in [0.3, 0.4) is 0 Å². The van der Waals surface area contributed by atoms with Crippen molar-refractivity contribution < 1.29 is 19.1 Å². The third kappa shape index (κ3) is 4.94. The normalized spacial score (nSPS) is 15.0. The van der Waals surface area contributed by atoms with Crippen LogP contribution in [0.1, 0.15) is 17.3 Å². The van der Waals surface area contributed by atoms with E-state index in [1.807, 2.05) is 24.3 Å². The minimum atomic E-state index is -0.969. The molecule has 0 radical (unpaired) electrons. The van der Waals surface area contributed by atoms with Crippen LogP contribution < -0.4 is 16.0 Å². The van der Waals surface area contributed by atoms with E-state index in [1.54, 1.807) is 0 Å². The van der Waals surface area contributed by atoms with E-state index >= 15 is 0 Å². The third-order valence-corrected chi connectivity index (χ3v) is 4.74. The van der Waals surface area contributed by atoms with E-state index in [4.69, 9.17) is 26.8 Å². The van der Waals surface area contributed by atoms with Gasteiger partial charge >= 0.3 is 5.97 Å². The number of nitrogens with zero attached hydrogens (tertiary/aromatic N) is 1. The predicted molar refractivity (Wildman–Crippen MR) is 109 cm³/mol. The molecule has 1 heterocycles. The van der Waals surface area contributed by atoms with Gasteiger partial charge in [-0.3, -0.25) is 4.79 Å². The van der Waals surface area contributed by atoms with Crippen LogP contribution in [0, 0.1) is 0 Å². The summed E-state index contributed by atoms with van der Waals surface area (Å²) in [6, 6.07) is 11.9. The first-order chi connectivity index (χ1) is 13.4. The van der Waals surface area contributed by atoms with E-state index in [-0.39, 0.29) is 11.3 Å². The molecule has 1 aliphatic heterocycles.